The van der Waals surface area contributed by atoms with E-state index in [0.29, 0.717) is 30.4 Å². The number of fused-ring (bicyclic) bond motifs is 2. The number of rotatable bonds is 5. The lowest BCUT2D eigenvalue weighted by Gasteiger charge is -2.31. The van der Waals surface area contributed by atoms with Gasteiger partial charge in [-0.1, -0.05) is 0 Å². The molecule has 0 aromatic carbocycles. The molecule has 3 N–H and O–H groups in total. The van der Waals surface area contributed by atoms with Crippen molar-refractivity contribution in [1.29, 1.82) is 0 Å². The van der Waals surface area contributed by atoms with Gasteiger partial charge in [-0.3, -0.25) is 4.90 Å². The monoisotopic (exact) mass is 413 g/mol. The fourth-order valence-corrected chi connectivity index (χ4v) is 3.92. The highest BCUT2D eigenvalue weighted by Gasteiger charge is 2.22. The maximum Gasteiger partial charge on any atom is 0.251 e. The lowest BCUT2D eigenvalue weighted by Crippen LogP contribution is -2.41. The Balaban J connectivity index is 1.36. The van der Waals surface area contributed by atoms with Crippen LogP contribution in [0.15, 0.2) is 36.8 Å². The third-order valence-electron chi connectivity index (χ3n) is 5.39. The highest BCUT2D eigenvalue weighted by atomic mass is 19.3. The van der Waals surface area contributed by atoms with E-state index in [4.69, 9.17) is 5.73 Å². The molecule has 1 aliphatic rings. The molecule has 4 aromatic heterocycles. The molecule has 0 spiro atoms. The number of nitrogens with one attached hydrogen (secondary N) is 1. The van der Waals surface area contributed by atoms with Crippen LogP contribution in [0.2, 0.25) is 0 Å². The molecule has 1 saturated heterocycles. The number of halogens is 2. The number of anilines is 2. The zero-order chi connectivity index (χ0) is 20.7. The Morgan fingerprint density at radius 2 is 1.90 bits per heavy atom. The van der Waals surface area contributed by atoms with Crippen LogP contribution in [-0.2, 0) is 0 Å². The topological polar surface area (TPSA) is 102 Å². The van der Waals surface area contributed by atoms with Crippen LogP contribution in [0.1, 0.15) is 12.8 Å². The highest BCUT2D eigenvalue weighted by Crippen LogP contribution is 2.28. The van der Waals surface area contributed by atoms with Crippen LogP contribution in [0.25, 0.3) is 22.4 Å². The SMILES string of the molecule is Nc1nc(NC2CCN(CC(F)F)CC2)nn2ccc(-c3ccn4nccc4n3)c12. The summed E-state index contributed by atoms with van der Waals surface area (Å²) in [6.45, 7) is 1.07. The van der Waals surface area contributed by atoms with Crippen molar-refractivity contribution < 1.29 is 8.78 Å². The summed E-state index contributed by atoms with van der Waals surface area (Å²) in [5.74, 6) is 0.770. The zero-order valence-corrected chi connectivity index (χ0v) is 16.1. The van der Waals surface area contributed by atoms with Gasteiger partial charge in [0, 0.05) is 43.2 Å². The lowest BCUT2D eigenvalue weighted by atomic mass is 10.1. The Hall–Kier alpha value is -3.34. The van der Waals surface area contributed by atoms with Crippen molar-refractivity contribution in [3.63, 3.8) is 0 Å². The van der Waals surface area contributed by atoms with E-state index in [1.54, 1.807) is 20.1 Å². The van der Waals surface area contributed by atoms with Crippen molar-refractivity contribution in [2.24, 2.45) is 0 Å². The molecule has 1 aliphatic heterocycles. The summed E-state index contributed by atoms with van der Waals surface area (Å²) in [5.41, 5.74) is 9.28. The third-order valence-corrected chi connectivity index (χ3v) is 5.39. The van der Waals surface area contributed by atoms with Crippen molar-refractivity contribution in [2.75, 3.05) is 30.7 Å². The van der Waals surface area contributed by atoms with E-state index in [1.165, 1.54) is 0 Å². The van der Waals surface area contributed by atoms with E-state index in [9.17, 15) is 8.78 Å². The molecule has 1 fully saturated rings. The van der Waals surface area contributed by atoms with Crippen LogP contribution >= 0.6 is 0 Å². The molecule has 156 valence electrons. The molecule has 5 heterocycles. The van der Waals surface area contributed by atoms with Crippen LogP contribution in [-0.4, -0.2) is 66.2 Å². The van der Waals surface area contributed by atoms with Crippen LogP contribution < -0.4 is 11.1 Å². The quantitative estimate of drug-likeness (QED) is 0.517. The second-order valence-corrected chi connectivity index (χ2v) is 7.40. The third kappa shape index (κ3) is 3.52. The summed E-state index contributed by atoms with van der Waals surface area (Å²) in [4.78, 5) is 10.8. The maximum absolute atomic E-state index is 12.5. The molecule has 0 aliphatic carbocycles. The highest BCUT2D eigenvalue weighted by molar-refractivity contribution is 5.86. The van der Waals surface area contributed by atoms with Gasteiger partial charge in [-0.15, -0.1) is 5.10 Å². The first-order valence-electron chi connectivity index (χ1n) is 9.79. The Labute approximate surface area is 170 Å². The molecular formula is C19H21F2N9. The molecule has 5 rings (SSSR count). The van der Waals surface area contributed by atoms with Crippen molar-refractivity contribution in [3.8, 4) is 11.3 Å². The van der Waals surface area contributed by atoms with Gasteiger partial charge in [0.15, 0.2) is 11.5 Å². The normalized spacial score (nSPS) is 16.1. The molecule has 9 nitrogen and oxygen atoms in total. The Morgan fingerprint density at radius 1 is 1.10 bits per heavy atom. The van der Waals surface area contributed by atoms with Crippen molar-refractivity contribution in [1.82, 2.24) is 34.1 Å². The number of piperidine rings is 1. The molecule has 0 atom stereocenters. The van der Waals surface area contributed by atoms with Gasteiger partial charge in [-0.25, -0.2) is 22.8 Å². The molecule has 30 heavy (non-hydrogen) atoms. The number of aromatic nitrogens is 6. The number of nitrogens with zero attached hydrogens (tertiary/aromatic N) is 7. The first kappa shape index (κ1) is 18.7. The van der Waals surface area contributed by atoms with Crippen LogP contribution in [0.3, 0.4) is 0 Å². The van der Waals surface area contributed by atoms with Gasteiger partial charge in [-0.05, 0) is 25.0 Å². The van der Waals surface area contributed by atoms with Gasteiger partial charge >= 0.3 is 0 Å². The van der Waals surface area contributed by atoms with E-state index in [2.05, 4.69) is 25.5 Å². The average Bonchev–Trinajstić information content (AvgIpc) is 3.35. The number of nitrogens with two attached hydrogens (primary N) is 1. The molecule has 0 bridgehead atoms. The lowest BCUT2D eigenvalue weighted by molar-refractivity contribution is 0.0769. The first-order chi connectivity index (χ1) is 14.6. The minimum absolute atomic E-state index is 0.122. The molecule has 4 aromatic rings. The summed E-state index contributed by atoms with van der Waals surface area (Å²) in [6, 6.07) is 5.73. The maximum atomic E-state index is 12.5. The Morgan fingerprint density at radius 3 is 2.70 bits per heavy atom. The van der Waals surface area contributed by atoms with Gasteiger partial charge in [-0.2, -0.15) is 10.1 Å². The largest absolute Gasteiger partial charge is 0.382 e. The number of hydrogen-bond donors (Lipinski definition) is 2. The molecular weight excluding hydrogens is 392 g/mol. The van der Waals surface area contributed by atoms with Gasteiger partial charge in [0.25, 0.3) is 6.43 Å². The fraction of sp³-hybridized carbons (Fsp3) is 0.368. The molecule has 0 amide bonds. The van der Waals surface area contributed by atoms with Crippen molar-refractivity contribution in [3.05, 3.63) is 36.8 Å². The molecule has 0 unspecified atom stereocenters. The molecule has 0 radical (unpaired) electrons. The van der Waals surface area contributed by atoms with E-state index in [1.807, 2.05) is 30.6 Å². The van der Waals surface area contributed by atoms with Gasteiger partial charge < -0.3 is 11.1 Å². The second kappa shape index (κ2) is 7.48. The predicted molar refractivity (Wildman–Crippen MR) is 108 cm³/mol. The summed E-state index contributed by atoms with van der Waals surface area (Å²) < 4.78 is 28.5. The number of likely N-dealkylation sites (tertiary alicyclic amines) is 1. The summed E-state index contributed by atoms with van der Waals surface area (Å²) in [6.07, 6.45) is 4.56. The van der Waals surface area contributed by atoms with Crippen molar-refractivity contribution >= 4 is 22.9 Å². The smallest absolute Gasteiger partial charge is 0.251 e. The van der Waals surface area contributed by atoms with Crippen LogP contribution in [0.5, 0.6) is 0 Å². The minimum atomic E-state index is -2.30. The van der Waals surface area contributed by atoms with E-state index < -0.39 is 6.43 Å². The summed E-state index contributed by atoms with van der Waals surface area (Å²) >= 11 is 0. The van der Waals surface area contributed by atoms with E-state index in [-0.39, 0.29) is 12.6 Å². The molecule has 0 saturated carbocycles. The van der Waals surface area contributed by atoms with Crippen LogP contribution in [0.4, 0.5) is 20.5 Å². The average molecular weight is 413 g/mol. The Kier molecular flexibility index (Phi) is 4.66. The van der Waals surface area contributed by atoms with E-state index in [0.717, 1.165) is 29.7 Å². The van der Waals surface area contributed by atoms with Gasteiger partial charge in [0.05, 0.1) is 18.4 Å². The van der Waals surface area contributed by atoms with Gasteiger partial charge in [0.2, 0.25) is 5.95 Å². The molecule has 11 heteroatoms. The first-order valence-corrected chi connectivity index (χ1v) is 9.79. The number of hydrogen-bond acceptors (Lipinski definition) is 7. The van der Waals surface area contributed by atoms with Crippen molar-refractivity contribution in [2.45, 2.75) is 25.3 Å². The number of alkyl halides is 2. The minimum Gasteiger partial charge on any atom is -0.382 e. The second-order valence-electron chi connectivity index (χ2n) is 7.40. The standard InChI is InChI=1S/C19H21F2N9/c20-15(21)11-28-7-2-12(3-8-28)24-19-26-18(22)17-13(4-9-30(17)27-19)14-5-10-29-16(25-14)1-6-23-29/h1,4-6,9-10,12,15H,2-3,7-8,11H2,(H3,22,24,26,27). The summed E-state index contributed by atoms with van der Waals surface area (Å²) in [7, 11) is 0. The predicted octanol–water partition coefficient (Wildman–Crippen LogP) is 2.16. The Bertz CT molecular complexity index is 1180. The fourth-order valence-electron chi connectivity index (χ4n) is 3.92. The van der Waals surface area contributed by atoms with Gasteiger partial charge in [0.1, 0.15) is 5.52 Å². The van der Waals surface area contributed by atoms with Crippen LogP contribution in [0, 0.1) is 0 Å². The zero-order valence-electron chi connectivity index (χ0n) is 16.1. The number of nitrogen functional groups attached to an aromatic ring is 1. The van der Waals surface area contributed by atoms with E-state index >= 15 is 0 Å². The summed E-state index contributed by atoms with van der Waals surface area (Å²) in [5, 5.41) is 12.0.